The van der Waals surface area contributed by atoms with E-state index in [0.717, 1.165) is 31.4 Å². The molecule has 0 aliphatic heterocycles. The molecule has 1 aromatic carbocycles. The van der Waals surface area contributed by atoms with Crippen molar-refractivity contribution in [3.8, 4) is 23.0 Å². The summed E-state index contributed by atoms with van der Waals surface area (Å²) in [6, 6.07) is 3.17. The number of hydrogen-bond donors (Lipinski definition) is 2. The highest BCUT2D eigenvalue weighted by Gasteiger charge is 2.40. The second-order valence-corrected chi connectivity index (χ2v) is 12.9. The second kappa shape index (κ2) is 16.3. The predicted molar refractivity (Wildman–Crippen MR) is 171 cm³/mol. The number of benzene rings is 1. The molecular weight excluding hydrogens is 827 g/mol. The Morgan fingerprint density at radius 1 is 1.00 bits per heavy atom. The number of nitrogens with one attached hydrogen (secondary N) is 2. The van der Waals surface area contributed by atoms with Crippen LogP contribution in [0.4, 0.5) is 41.5 Å². The minimum absolute atomic E-state index is 0.0101. The number of carbonyl (C=O) groups excluding carboxylic acids is 2. The van der Waals surface area contributed by atoms with Crippen molar-refractivity contribution in [2.45, 2.75) is 37.3 Å². The third kappa shape index (κ3) is 10.2. The Morgan fingerprint density at radius 2 is 1.60 bits per heavy atom. The van der Waals surface area contributed by atoms with Gasteiger partial charge in [0, 0.05) is 18.8 Å². The zero-order valence-electron chi connectivity index (χ0n) is 26.9. The third-order valence-corrected chi connectivity index (χ3v) is 8.37. The van der Waals surface area contributed by atoms with Gasteiger partial charge < -0.3 is 14.2 Å². The summed E-state index contributed by atoms with van der Waals surface area (Å²) in [5, 5.41) is 4.11. The van der Waals surface area contributed by atoms with Crippen molar-refractivity contribution in [3.63, 3.8) is 0 Å². The van der Waals surface area contributed by atoms with E-state index < -0.39 is 73.0 Å². The number of aryl methyl sites for hydroxylation is 1. The van der Waals surface area contributed by atoms with Crippen LogP contribution in [-0.4, -0.2) is 65.5 Å². The predicted octanol–water partition coefficient (Wildman–Crippen LogP) is 6.64. The maximum absolute atomic E-state index is 14.3. The Kier molecular flexibility index (Phi) is 13.0. The summed E-state index contributed by atoms with van der Waals surface area (Å²) in [7, 11) is -1.31. The zero-order chi connectivity index (χ0) is 39.3. The van der Waals surface area contributed by atoms with Gasteiger partial charge >= 0.3 is 24.4 Å². The molecular formula is C28H24BrClF7N7O7S. The van der Waals surface area contributed by atoms with Crippen molar-refractivity contribution in [3.05, 3.63) is 68.7 Å². The number of rotatable bonds is 8. The minimum atomic E-state index is -4.99. The lowest BCUT2D eigenvalue weighted by molar-refractivity contribution is -0.144. The Bertz CT molecular complexity index is 2060. The van der Waals surface area contributed by atoms with Crippen LogP contribution in [0.25, 0.3) is 11.3 Å². The standard InChI is InChI=1S/C15H12BrClF4N2O2.C13H12F3N5O5S/c1-6(2)25-14(24)7-4-8(10(18)5-9(7)17)12-11(16)13(15(19,20)21)23(3)22-12;1-25-8-6-9(26-2)19-11(18-8)20-12(22)21-27(23,24)10-7(13(14,15)16)4-3-5-17-10/h4-6H,1-3H3;3-6H,1-2H3,(H2,18,19,20,21,22). The van der Waals surface area contributed by atoms with E-state index in [1.54, 1.807) is 13.8 Å². The summed E-state index contributed by atoms with van der Waals surface area (Å²) < 4.78 is 133. The van der Waals surface area contributed by atoms with Gasteiger partial charge in [-0.15, -0.1) is 0 Å². The maximum atomic E-state index is 14.3. The summed E-state index contributed by atoms with van der Waals surface area (Å²) in [5.74, 6) is -2.16. The Labute approximate surface area is 302 Å². The van der Waals surface area contributed by atoms with Crippen LogP contribution in [0.1, 0.15) is 35.5 Å². The Balaban J connectivity index is 0.000000281. The molecule has 0 saturated heterocycles. The van der Waals surface area contributed by atoms with E-state index in [1.807, 2.05) is 5.32 Å². The molecule has 282 valence electrons. The normalized spacial score (nSPS) is 11.8. The van der Waals surface area contributed by atoms with Gasteiger partial charge in [-0.05, 0) is 54.0 Å². The van der Waals surface area contributed by atoms with Gasteiger partial charge in [0.1, 0.15) is 11.5 Å². The molecule has 4 rings (SSSR count). The van der Waals surface area contributed by atoms with Crippen LogP contribution in [0, 0.1) is 5.82 Å². The molecule has 0 saturated carbocycles. The number of alkyl halides is 6. The lowest BCUT2D eigenvalue weighted by atomic mass is 10.1. The van der Waals surface area contributed by atoms with Crippen LogP contribution < -0.4 is 19.5 Å². The van der Waals surface area contributed by atoms with E-state index in [9.17, 15) is 48.7 Å². The molecule has 2 N–H and O–H groups in total. The van der Waals surface area contributed by atoms with Crippen molar-refractivity contribution in [2.24, 2.45) is 7.05 Å². The van der Waals surface area contributed by atoms with Gasteiger partial charge in [0.15, 0.2) is 10.7 Å². The van der Waals surface area contributed by atoms with Crippen LogP contribution in [0.15, 0.2) is 46.0 Å². The van der Waals surface area contributed by atoms with Crippen molar-refractivity contribution in [1.29, 1.82) is 0 Å². The first kappa shape index (κ1) is 41.6. The quantitative estimate of drug-likeness (QED) is 0.144. The highest BCUT2D eigenvalue weighted by atomic mass is 79.9. The van der Waals surface area contributed by atoms with Gasteiger partial charge in [0.2, 0.25) is 17.7 Å². The summed E-state index contributed by atoms with van der Waals surface area (Å²) in [6.45, 7) is 3.22. The first-order chi connectivity index (χ1) is 24.0. The monoisotopic (exact) mass is 849 g/mol. The van der Waals surface area contributed by atoms with Crippen molar-refractivity contribution >= 4 is 55.5 Å². The molecule has 0 aliphatic carbocycles. The van der Waals surface area contributed by atoms with Gasteiger partial charge in [-0.3, -0.25) is 10.00 Å². The molecule has 52 heavy (non-hydrogen) atoms. The van der Waals surface area contributed by atoms with E-state index in [4.69, 9.17) is 25.8 Å². The molecule has 0 spiro atoms. The van der Waals surface area contributed by atoms with E-state index in [0.29, 0.717) is 10.7 Å². The van der Waals surface area contributed by atoms with Crippen LogP contribution >= 0.6 is 27.5 Å². The zero-order valence-corrected chi connectivity index (χ0v) is 30.1. The fourth-order valence-electron chi connectivity index (χ4n) is 3.93. The van der Waals surface area contributed by atoms with Crippen molar-refractivity contribution in [2.75, 3.05) is 19.5 Å². The van der Waals surface area contributed by atoms with Crippen LogP contribution in [-0.2, 0) is 34.2 Å². The number of methoxy groups -OCH3 is 2. The van der Waals surface area contributed by atoms with Gasteiger partial charge in [0.25, 0.3) is 10.0 Å². The lowest BCUT2D eigenvalue weighted by Crippen LogP contribution is -2.36. The molecule has 0 fully saturated rings. The van der Waals surface area contributed by atoms with Gasteiger partial charge in [-0.2, -0.15) is 49.8 Å². The Morgan fingerprint density at radius 3 is 2.10 bits per heavy atom. The first-order valence-corrected chi connectivity index (χ1v) is 16.5. The molecule has 0 radical (unpaired) electrons. The number of esters is 1. The molecule has 0 bridgehead atoms. The van der Waals surface area contributed by atoms with E-state index >= 15 is 0 Å². The van der Waals surface area contributed by atoms with Crippen LogP contribution in [0.5, 0.6) is 11.8 Å². The van der Waals surface area contributed by atoms with E-state index in [1.165, 1.54) is 25.0 Å². The smallest absolute Gasteiger partial charge is 0.434 e. The maximum Gasteiger partial charge on any atom is 0.434 e. The lowest BCUT2D eigenvalue weighted by Gasteiger charge is -2.13. The molecule has 0 atom stereocenters. The average Bonchev–Trinajstić information content (AvgIpc) is 3.33. The highest BCUT2D eigenvalue weighted by molar-refractivity contribution is 9.10. The molecule has 4 aromatic rings. The average molecular weight is 851 g/mol. The summed E-state index contributed by atoms with van der Waals surface area (Å²) in [4.78, 5) is 34.6. The number of aromatic nitrogens is 5. The van der Waals surface area contributed by atoms with Crippen LogP contribution in [0.3, 0.4) is 0 Å². The SMILES string of the molecule is CC(C)OC(=O)c1cc(-c2nn(C)c(C(F)(F)F)c2Br)c(F)cc1Cl.COc1cc(OC)nc(NC(=O)NS(=O)(=O)c2ncccc2C(F)(F)F)n1. The molecule has 3 aromatic heterocycles. The van der Waals surface area contributed by atoms with Crippen molar-refractivity contribution < 1.29 is 63.0 Å². The number of nitrogens with zero attached hydrogens (tertiary/aromatic N) is 5. The van der Waals surface area contributed by atoms with Crippen LogP contribution in [0.2, 0.25) is 5.02 Å². The topological polar surface area (TPSA) is 177 Å². The van der Waals surface area contributed by atoms with Gasteiger partial charge in [-0.25, -0.2) is 23.7 Å². The second-order valence-electron chi connectivity index (χ2n) is 10.1. The third-order valence-electron chi connectivity index (χ3n) is 6.01. The van der Waals surface area contributed by atoms with Crippen molar-refractivity contribution in [1.82, 2.24) is 29.5 Å². The molecule has 3 heterocycles. The number of ether oxygens (including phenoxy) is 3. The minimum Gasteiger partial charge on any atom is -0.481 e. The first-order valence-electron chi connectivity index (χ1n) is 13.8. The largest absolute Gasteiger partial charge is 0.481 e. The highest BCUT2D eigenvalue weighted by Crippen LogP contribution is 2.41. The summed E-state index contributed by atoms with van der Waals surface area (Å²) in [6.07, 6.45) is -9.28. The number of amides is 2. The fourth-order valence-corrected chi connectivity index (χ4v) is 6.00. The molecule has 2 amide bonds. The van der Waals surface area contributed by atoms with Gasteiger partial charge in [-0.1, -0.05) is 11.6 Å². The molecule has 0 unspecified atom stereocenters. The number of halogens is 9. The van der Waals surface area contributed by atoms with E-state index in [-0.39, 0.29) is 33.6 Å². The Hall–Kier alpha value is -4.77. The number of sulfonamides is 1. The number of anilines is 1. The summed E-state index contributed by atoms with van der Waals surface area (Å²) >= 11 is 8.67. The fraction of sp³-hybridized carbons (Fsp3) is 0.286. The van der Waals surface area contributed by atoms with Gasteiger partial charge in [0.05, 0.1) is 47.0 Å². The number of carbonyl (C=O) groups is 2. The summed E-state index contributed by atoms with van der Waals surface area (Å²) in [5.41, 5.74) is -3.38. The number of urea groups is 1. The number of hydrogen-bond acceptors (Lipinski definition) is 11. The van der Waals surface area contributed by atoms with E-state index in [2.05, 4.69) is 36.0 Å². The molecule has 24 heteroatoms. The molecule has 14 nitrogen and oxygen atoms in total. The number of pyridine rings is 1. The molecule has 0 aliphatic rings.